The van der Waals surface area contributed by atoms with Crippen LogP contribution in [0.4, 0.5) is 5.69 Å². The van der Waals surface area contributed by atoms with Crippen molar-refractivity contribution >= 4 is 15.7 Å². The number of aromatic amines is 1. The van der Waals surface area contributed by atoms with Crippen LogP contribution in [0, 0.1) is 0 Å². The number of nitrogens with one attached hydrogen (secondary N) is 3. The molecule has 0 atom stereocenters. The third-order valence-corrected chi connectivity index (χ3v) is 4.80. The lowest BCUT2D eigenvalue weighted by Gasteiger charge is -2.13. The van der Waals surface area contributed by atoms with Crippen LogP contribution in [0.5, 0.6) is 5.75 Å². The highest BCUT2D eigenvalue weighted by atomic mass is 32.2. The van der Waals surface area contributed by atoms with Crippen molar-refractivity contribution in [3.8, 4) is 17.0 Å². The Labute approximate surface area is 149 Å². The van der Waals surface area contributed by atoms with Crippen LogP contribution in [0.15, 0.2) is 70.4 Å². The highest BCUT2D eigenvalue weighted by molar-refractivity contribution is 7.89. The molecule has 0 amide bonds. The Morgan fingerprint density at radius 2 is 1.81 bits per heavy atom. The molecule has 0 unspecified atom stereocenters. The molecule has 0 saturated carbocycles. The summed E-state index contributed by atoms with van der Waals surface area (Å²) in [6.45, 7) is 0. The fourth-order valence-corrected chi connectivity index (χ4v) is 3.31. The van der Waals surface area contributed by atoms with E-state index in [1.165, 1.54) is 31.4 Å². The number of anilines is 1. The maximum atomic E-state index is 12.7. The van der Waals surface area contributed by atoms with E-state index in [2.05, 4.69) is 20.5 Å². The number of hydrogen-bond acceptors (Lipinski definition) is 6. The molecule has 0 spiro atoms. The molecule has 3 N–H and O–H groups in total. The summed E-state index contributed by atoms with van der Waals surface area (Å²) < 4.78 is 30.6. The number of aromatic nitrogens is 2. The molecule has 3 rings (SSSR count). The lowest BCUT2D eigenvalue weighted by Crippen LogP contribution is -2.29. The van der Waals surface area contributed by atoms with Crippen LogP contribution in [0.3, 0.4) is 0 Å². The Morgan fingerprint density at radius 3 is 2.46 bits per heavy atom. The van der Waals surface area contributed by atoms with Crippen LogP contribution < -0.4 is 20.6 Å². The summed E-state index contributed by atoms with van der Waals surface area (Å²) in [5.41, 5.74) is 3.84. The Kier molecular flexibility index (Phi) is 5.01. The molecule has 0 aliphatic rings. The van der Waals surface area contributed by atoms with E-state index in [-0.39, 0.29) is 16.2 Å². The summed E-state index contributed by atoms with van der Waals surface area (Å²) in [6.07, 6.45) is 0. The molecule has 3 aromatic rings. The fraction of sp³-hybridized carbons (Fsp3) is 0.0588. The van der Waals surface area contributed by atoms with Gasteiger partial charge in [0.1, 0.15) is 10.6 Å². The molecule has 8 nitrogen and oxygen atoms in total. The van der Waals surface area contributed by atoms with Gasteiger partial charge in [-0.05, 0) is 36.4 Å². The highest BCUT2D eigenvalue weighted by Crippen LogP contribution is 2.28. The van der Waals surface area contributed by atoms with Crippen molar-refractivity contribution in [3.05, 3.63) is 71.0 Å². The number of sulfonamides is 1. The molecule has 0 bridgehead atoms. The summed E-state index contributed by atoms with van der Waals surface area (Å²) in [5.74, 6) is 0.181. The molecular formula is C17H16N4O4S. The number of hydrogen-bond donors (Lipinski definition) is 3. The number of H-pyrrole nitrogens is 1. The number of rotatable bonds is 6. The monoisotopic (exact) mass is 372 g/mol. The third-order valence-electron chi connectivity index (χ3n) is 3.53. The molecule has 0 saturated heterocycles. The van der Waals surface area contributed by atoms with E-state index in [0.29, 0.717) is 16.9 Å². The van der Waals surface area contributed by atoms with E-state index in [1.807, 2.05) is 6.07 Å². The maximum Gasteiger partial charge on any atom is 0.264 e. The van der Waals surface area contributed by atoms with Crippen molar-refractivity contribution < 1.29 is 13.2 Å². The van der Waals surface area contributed by atoms with Gasteiger partial charge in [-0.2, -0.15) is 5.10 Å². The van der Waals surface area contributed by atoms with Crippen molar-refractivity contribution in [2.75, 3.05) is 12.5 Å². The van der Waals surface area contributed by atoms with Gasteiger partial charge in [0.15, 0.2) is 0 Å². The van der Waals surface area contributed by atoms with E-state index >= 15 is 0 Å². The zero-order valence-corrected chi connectivity index (χ0v) is 14.6. The van der Waals surface area contributed by atoms with Crippen molar-refractivity contribution in [1.82, 2.24) is 15.0 Å². The second-order valence-corrected chi connectivity index (χ2v) is 6.92. The maximum absolute atomic E-state index is 12.7. The molecule has 9 heteroatoms. The van der Waals surface area contributed by atoms with Gasteiger partial charge in [-0.25, -0.2) is 13.5 Å². The lowest BCUT2D eigenvalue weighted by molar-refractivity contribution is 0.402. The minimum Gasteiger partial charge on any atom is -0.495 e. The van der Waals surface area contributed by atoms with Gasteiger partial charge in [-0.1, -0.05) is 18.2 Å². The van der Waals surface area contributed by atoms with Crippen molar-refractivity contribution in [3.63, 3.8) is 0 Å². The van der Waals surface area contributed by atoms with Crippen molar-refractivity contribution in [1.29, 1.82) is 0 Å². The minimum atomic E-state index is -3.93. The predicted octanol–water partition coefficient (Wildman–Crippen LogP) is 1.75. The van der Waals surface area contributed by atoms with Gasteiger partial charge in [-0.15, -0.1) is 4.83 Å². The first-order valence-electron chi connectivity index (χ1n) is 7.56. The van der Waals surface area contributed by atoms with Gasteiger partial charge in [0.2, 0.25) is 0 Å². The fourth-order valence-electron chi connectivity index (χ4n) is 2.25. The Bertz CT molecular complexity index is 1050. The number of hydrazine groups is 1. The van der Waals surface area contributed by atoms with Crippen LogP contribution in [0.2, 0.25) is 0 Å². The SMILES string of the molecule is COc1ccc(-c2ccc(=O)[nH]n2)cc1S(=O)(=O)NNc1ccccc1. The molecule has 0 fully saturated rings. The first-order chi connectivity index (χ1) is 12.5. The lowest BCUT2D eigenvalue weighted by atomic mass is 10.1. The van der Waals surface area contributed by atoms with Crippen molar-refractivity contribution in [2.24, 2.45) is 0 Å². The van der Waals surface area contributed by atoms with E-state index in [9.17, 15) is 13.2 Å². The Balaban J connectivity index is 1.95. The molecule has 0 radical (unpaired) electrons. The molecule has 26 heavy (non-hydrogen) atoms. The first-order valence-corrected chi connectivity index (χ1v) is 9.05. The van der Waals surface area contributed by atoms with Crippen LogP contribution in [0.1, 0.15) is 0 Å². The average molecular weight is 372 g/mol. The number of nitrogens with zero attached hydrogens (tertiary/aromatic N) is 1. The summed E-state index contributed by atoms with van der Waals surface area (Å²) >= 11 is 0. The van der Waals surface area contributed by atoms with Gasteiger partial charge in [-0.3, -0.25) is 4.79 Å². The summed E-state index contributed by atoms with van der Waals surface area (Å²) in [5, 5.41) is 6.23. The second-order valence-electron chi connectivity index (χ2n) is 5.27. The van der Waals surface area contributed by atoms with Gasteiger partial charge in [0.05, 0.1) is 12.8 Å². The van der Waals surface area contributed by atoms with Crippen molar-refractivity contribution in [2.45, 2.75) is 4.90 Å². The Morgan fingerprint density at radius 1 is 1.04 bits per heavy atom. The van der Waals surface area contributed by atoms with E-state index < -0.39 is 10.0 Å². The van der Waals surface area contributed by atoms with Gasteiger partial charge >= 0.3 is 0 Å². The molecular weight excluding hydrogens is 356 g/mol. The van der Waals surface area contributed by atoms with E-state index in [4.69, 9.17) is 4.74 Å². The first kappa shape index (κ1) is 17.6. The van der Waals surface area contributed by atoms with E-state index in [1.54, 1.807) is 30.3 Å². The zero-order chi connectivity index (χ0) is 18.6. The Hall–Kier alpha value is -3.17. The highest BCUT2D eigenvalue weighted by Gasteiger charge is 2.20. The minimum absolute atomic E-state index is 0.0612. The summed E-state index contributed by atoms with van der Waals surface area (Å²) in [4.78, 5) is 13.4. The normalized spacial score (nSPS) is 11.1. The standard InChI is InChI=1S/C17H16N4O4S/c1-25-15-9-7-12(14-8-10-17(22)20-19-14)11-16(15)26(23,24)21-18-13-5-3-2-4-6-13/h2-11,18,21H,1H3,(H,20,22). The molecule has 0 aliphatic carbocycles. The molecule has 2 aromatic carbocycles. The largest absolute Gasteiger partial charge is 0.495 e. The zero-order valence-electron chi connectivity index (χ0n) is 13.8. The number of benzene rings is 2. The number of para-hydroxylation sites is 1. The quantitative estimate of drug-likeness (QED) is 0.568. The second kappa shape index (κ2) is 7.38. The van der Waals surface area contributed by atoms with Gasteiger partial charge in [0.25, 0.3) is 15.6 Å². The third kappa shape index (κ3) is 3.90. The molecule has 1 aromatic heterocycles. The van der Waals surface area contributed by atoms with Gasteiger partial charge < -0.3 is 10.2 Å². The van der Waals surface area contributed by atoms with Crippen LogP contribution in [0.25, 0.3) is 11.3 Å². The number of methoxy groups -OCH3 is 1. The average Bonchev–Trinajstić information content (AvgIpc) is 2.67. The molecule has 0 aliphatic heterocycles. The molecule has 134 valence electrons. The van der Waals surface area contributed by atoms with Crippen LogP contribution in [-0.2, 0) is 10.0 Å². The van der Waals surface area contributed by atoms with Crippen LogP contribution >= 0.6 is 0 Å². The topological polar surface area (TPSA) is 113 Å². The summed E-state index contributed by atoms with van der Waals surface area (Å²) in [6, 6.07) is 16.3. The van der Waals surface area contributed by atoms with E-state index in [0.717, 1.165) is 0 Å². The van der Waals surface area contributed by atoms with Gasteiger partial charge in [0, 0.05) is 17.3 Å². The van der Waals surface area contributed by atoms with Crippen LogP contribution in [-0.4, -0.2) is 25.7 Å². The summed E-state index contributed by atoms with van der Waals surface area (Å²) in [7, 11) is -2.54. The number of ether oxygens (including phenoxy) is 1. The smallest absolute Gasteiger partial charge is 0.264 e. The predicted molar refractivity (Wildman–Crippen MR) is 97.2 cm³/mol. The molecule has 1 heterocycles.